The zero-order valence-electron chi connectivity index (χ0n) is 15.2. The first-order valence-electron chi connectivity index (χ1n) is 8.36. The first-order valence-corrected chi connectivity index (χ1v) is 8.73. The van der Waals surface area contributed by atoms with Crippen LogP contribution in [0.15, 0.2) is 47.7 Å². The molecule has 0 saturated carbocycles. The van der Waals surface area contributed by atoms with Crippen LogP contribution in [0.25, 0.3) is 5.57 Å². The van der Waals surface area contributed by atoms with Crippen molar-refractivity contribution in [1.82, 2.24) is 15.4 Å². The number of nitrogens with one attached hydrogen (secondary N) is 1. The zero-order chi connectivity index (χ0) is 23.0. The molecule has 0 radical (unpaired) electrons. The molecule has 0 atom stereocenters. The van der Waals surface area contributed by atoms with E-state index in [0.717, 1.165) is 0 Å². The van der Waals surface area contributed by atoms with E-state index in [1.54, 1.807) is 0 Å². The minimum Gasteiger partial charge on any atom is -0.366 e. The Kier molecular flexibility index (Phi) is 5.85. The van der Waals surface area contributed by atoms with Gasteiger partial charge < -0.3 is 5.73 Å². The lowest BCUT2D eigenvalue weighted by molar-refractivity contribution is -0.143. The van der Waals surface area contributed by atoms with Crippen LogP contribution in [-0.2, 0) is 17.1 Å². The summed E-state index contributed by atoms with van der Waals surface area (Å²) in [6.07, 6.45) is -7.49. The SMILES string of the molecule is NC(=O)/C(=C\N1CN=C(c2cc(C(F)(F)F)cc(C(F)(F)F)c2)N1)c1ccc(Cl)nc1. The summed E-state index contributed by atoms with van der Waals surface area (Å²) < 4.78 is 78.4. The average molecular weight is 464 g/mol. The Morgan fingerprint density at radius 2 is 1.71 bits per heavy atom. The third kappa shape index (κ3) is 5.26. The molecule has 0 fully saturated rings. The molecule has 1 amide bonds. The fourth-order valence-electron chi connectivity index (χ4n) is 2.65. The normalized spacial score (nSPS) is 15.0. The van der Waals surface area contributed by atoms with Crippen LogP contribution in [-0.4, -0.2) is 28.4 Å². The number of hydrazine groups is 1. The van der Waals surface area contributed by atoms with E-state index in [2.05, 4.69) is 15.4 Å². The van der Waals surface area contributed by atoms with Gasteiger partial charge in [0.05, 0.1) is 16.7 Å². The summed E-state index contributed by atoms with van der Waals surface area (Å²) in [6, 6.07) is 3.99. The number of halogens is 7. The lowest BCUT2D eigenvalue weighted by Gasteiger charge is -2.17. The maximum atomic E-state index is 13.1. The molecule has 164 valence electrons. The van der Waals surface area contributed by atoms with Crippen LogP contribution in [0.2, 0.25) is 5.15 Å². The number of amides is 1. The van der Waals surface area contributed by atoms with E-state index in [1.807, 2.05) is 0 Å². The highest BCUT2D eigenvalue weighted by Gasteiger charge is 2.37. The third-order valence-electron chi connectivity index (χ3n) is 4.08. The number of pyridine rings is 1. The average Bonchev–Trinajstić information content (AvgIpc) is 3.14. The number of nitrogens with two attached hydrogens (primary N) is 1. The van der Waals surface area contributed by atoms with Crippen molar-refractivity contribution >= 4 is 28.9 Å². The number of carbonyl (C=O) groups excluding carboxylic acids is 1. The van der Waals surface area contributed by atoms with Crippen LogP contribution in [0, 0.1) is 0 Å². The molecular weight excluding hydrogens is 452 g/mol. The van der Waals surface area contributed by atoms with Gasteiger partial charge in [-0.25, -0.2) is 9.98 Å². The summed E-state index contributed by atoms with van der Waals surface area (Å²) >= 11 is 5.69. The Balaban J connectivity index is 1.91. The molecule has 1 aromatic carbocycles. The van der Waals surface area contributed by atoms with Crippen LogP contribution in [0.5, 0.6) is 0 Å². The third-order valence-corrected chi connectivity index (χ3v) is 4.30. The minimum absolute atomic E-state index is 0.0232. The smallest absolute Gasteiger partial charge is 0.366 e. The summed E-state index contributed by atoms with van der Waals surface area (Å²) in [6.45, 7) is -0.204. The molecule has 6 nitrogen and oxygen atoms in total. The number of nitrogens with zero attached hydrogens (tertiary/aromatic N) is 3. The van der Waals surface area contributed by atoms with Gasteiger partial charge in [-0.15, -0.1) is 0 Å². The van der Waals surface area contributed by atoms with E-state index < -0.39 is 35.0 Å². The van der Waals surface area contributed by atoms with Crippen LogP contribution >= 0.6 is 11.6 Å². The van der Waals surface area contributed by atoms with Gasteiger partial charge in [-0.05, 0) is 30.3 Å². The van der Waals surface area contributed by atoms with Crippen molar-refractivity contribution in [3.8, 4) is 0 Å². The van der Waals surface area contributed by atoms with Gasteiger partial charge in [-0.2, -0.15) is 26.3 Å². The van der Waals surface area contributed by atoms with Crippen molar-refractivity contribution in [2.75, 3.05) is 6.67 Å². The molecular formula is C18H12ClF6N5O. The molecule has 1 aliphatic heterocycles. The number of amidine groups is 1. The van der Waals surface area contributed by atoms with E-state index in [9.17, 15) is 31.1 Å². The number of hydrogen-bond acceptors (Lipinski definition) is 5. The molecule has 0 unspecified atom stereocenters. The topological polar surface area (TPSA) is 83.6 Å². The molecule has 31 heavy (non-hydrogen) atoms. The van der Waals surface area contributed by atoms with E-state index in [0.29, 0.717) is 17.7 Å². The Bertz CT molecular complexity index is 1030. The monoisotopic (exact) mass is 463 g/mol. The zero-order valence-corrected chi connectivity index (χ0v) is 16.0. The standard InChI is InChI=1S/C18H12ClF6N5O/c19-14-2-1-9(6-27-14)13(15(26)31)7-30-8-28-16(29-30)10-3-11(17(20,21)22)5-12(4-10)18(23,24)25/h1-7H,8H2,(H2,26,31)(H,28,29)/b13-7-. The molecule has 2 aromatic rings. The Morgan fingerprint density at radius 1 is 1.10 bits per heavy atom. The van der Waals surface area contributed by atoms with Gasteiger partial charge in [0.2, 0.25) is 0 Å². The fourth-order valence-corrected chi connectivity index (χ4v) is 2.76. The van der Waals surface area contributed by atoms with Crippen LogP contribution in [0.4, 0.5) is 26.3 Å². The van der Waals surface area contributed by atoms with Crippen molar-refractivity contribution in [1.29, 1.82) is 0 Å². The first kappa shape index (κ1) is 22.4. The van der Waals surface area contributed by atoms with Gasteiger partial charge in [0, 0.05) is 23.5 Å². The quantitative estimate of drug-likeness (QED) is 0.410. The Hall–Kier alpha value is -3.28. The highest BCUT2D eigenvalue weighted by atomic mass is 35.5. The second kappa shape index (κ2) is 8.10. The molecule has 3 rings (SSSR count). The number of benzene rings is 1. The maximum Gasteiger partial charge on any atom is 0.416 e. The van der Waals surface area contributed by atoms with Crippen molar-refractivity contribution in [3.05, 3.63) is 70.1 Å². The van der Waals surface area contributed by atoms with E-state index in [4.69, 9.17) is 17.3 Å². The number of rotatable bonds is 4. The highest BCUT2D eigenvalue weighted by Crippen LogP contribution is 2.36. The van der Waals surface area contributed by atoms with Crippen molar-refractivity contribution in [2.45, 2.75) is 12.4 Å². The van der Waals surface area contributed by atoms with Crippen molar-refractivity contribution < 1.29 is 31.1 Å². The summed E-state index contributed by atoms with van der Waals surface area (Å²) in [7, 11) is 0. The lowest BCUT2D eigenvalue weighted by atomic mass is 10.0. The summed E-state index contributed by atoms with van der Waals surface area (Å²) in [4.78, 5) is 19.5. The molecule has 0 aliphatic carbocycles. The summed E-state index contributed by atoms with van der Waals surface area (Å²) in [5.74, 6) is -1.09. The van der Waals surface area contributed by atoms with Crippen LogP contribution < -0.4 is 11.2 Å². The Morgan fingerprint density at radius 3 is 2.19 bits per heavy atom. The predicted molar refractivity (Wildman–Crippen MR) is 99.2 cm³/mol. The second-order valence-corrected chi connectivity index (χ2v) is 6.69. The number of hydrogen-bond donors (Lipinski definition) is 2. The van der Waals surface area contributed by atoms with Gasteiger partial charge in [-0.1, -0.05) is 11.6 Å². The molecule has 0 saturated heterocycles. The molecule has 1 aromatic heterocycles. The maximum absolute atomic E-state index is 13.1. The number of alkyl halides is 6. The highest BCUT2D eigenvalue weighted by molar-refractivity contribution is 6.29. The second-order valence-electron chi connectivity index (χ2n) is 6.30. The van der Waals surface area contributed by atoms with Gasteiger partial charge in [0.25, 0.3) is 5.91 Å². The Labute approximate surface area is 176 Å². The predicted octanol–water partition coefficient (Wildman–Crippen LogP) is 3.82. The molecule has 1 aliphatic rings. The molecule has 3 N–H and O–H groups in total. The van der Waals surface area contributed by atoms with Crippen molar-refractivity contribution in [3.63, 3.8) is 0 Å². The first-order chi connectivity index (χ1) is 14.3. The molecule has 0 spiro atoms. The minimum atomic E-state index is -4.99. The fraction of sp³-hybridized carbons (Fsp3) is 0.167. The van der Waals surface area contributed by atoms with E-state index in [-0.39, 0.29) is 29.3 Å². The molecule has 2 heterocycles. The largest absolute Gasteiger partial charge is 0.416 e. The number of primary amides is 1. The molecule has 13 heteroatoms. The van der Waals surface area contributed by atoms with Gasteiger partial charge in [-0.3, -0.25) is 15.2 Å². The van der Waals surface area contributed by atoms with E-state index >= 15 is 0 Å². The van der Waals surface area contributed by atoms with Gasteiger partial charge in [0.15, 0.2) is 0 Å². The number of aromatic nitrogens is 1. The van der Waals surface area contributed by atoms with Gasteiger partial charge >= 0.3 is 12.4 Å². The molecule has 0 bridgehead atoms. The van der Waals surface area contributed by atoms with Gasteiger partial charge in [0.1, 0.15) is 17.7 Å². The van der Waals surface area contributed by atoms with Crippen molar-refractivity contribution in [2.24, 2.45) is 10.7 Å². The number of carbonyl (C=O) groups is 1. The summed E-state index contributed by atoms with van der Waals surface area (Å²) in [5.41, 5.74) is 4.80. The lowest BCUT2D eigenvalue weighted by Crippen LogP contribution is -2.33. The number of aliphatic imine (C=N–C) groups is 1. The van der Waals surface area contributed by atoms with Crippen LogP contribution in [0.3, 0.4) is 0 Å². The summed E-state index contributed by atoms with van der Waals surface area (Å²) in [5, 5.41) is 1.35. The van der Waals surface area contributed by atoms with E-state index in [1.165, 1.54) is 29.5 Å². The van der Waals surface area contributed by atoms with Crippen LogP contribution in [0.1, 0.15) is 22.3 Å².